The van der Waals surface area contributed by atoms with Gasteiger partial charge in [-0.3, -0.25) is 0 Å². The third-order valence-corrected chi connectivity index (χ3v) is 4.96. The van der Waals surface area contributed by atoms with Gasteiger partial charge in [0, 0.05) is 24.8 Å². The van der Waals surface area contributed by atoms with Crippen LogP contribution in [0.15, 0.2) is 12.3 Å². The van der Waals surface area contributed by atoms with Gasteiger partial charge in [0.2, 0.25) is 0 Å². The number of hydrogen-bond acceptors (Lipinski definition) is 5. The summed E-state index contributed by atoms with van der Waals surface area (Å²) >= 11 is 0. The summed E-state index contributed by atoms with van der Waals surface area (Å²) in [4.78, 5) is 5.46. The van der Waals surface area contributed by atoms with Gasteiger partial charge in [0.05, 0.1) is 18.1 Å². The van der Waals surface area contributed by atoms with Crippen molar-refractivity contribution in [1.29, 1.82) is 0 Å². The predicted molar refractivity (Wildman–Crippen MR) is 65.6 cm³/mol. The molecule has 100 valence electrons. The van der Waals surface area contributed by atoms with E-state index in [4.69, 9.17) is 5.11 Å². The summed E-state index contributed by atoms with van der Waals surface area (Å²) in [6, 6.07) is 1.14. The molecule has 0 radical (unpaired) electrons. The Labute approximate surface area is 105 Å². The fraction of sp³-hybridized carbons (Fsp3) is 0.545. The number of sulfone groups is 1. The zero-order valence-corrected chi connectivity index (χ0v) is 10.8. The SMILES string of the molecule is CN(c1nccc(CO)c1F)C1CCS(=O)(=O)C1. The molecule has 0 aromatic carbocycles. The van der Waals surface area contributed by atoms with Crippen LogP contribution in [0, 0.1) is 5.82 Å². The molecule has 1 fully saturated rings. The summed E-state index contributed by atoms with van der Waals surface area (Å²) < 4.78 is 36.8. The lowest BCUT2D eigenvalue weighted by Gasteiger charge is -2.25. The normalized spacial score (nSPS) is 22.1. The first-order valence-electron chi connectivity index (χ1n) is 5.62. The van der Waals surface area contributed by atoms with Crippen molar-refractivity contribution in [3.63, 3.8) is 0 Å². The van der Waals surface area contributed by atoms with Crippen LogP contribution in [-0.4, -0.2) is 43.1 Å². The number of halogens is 1. The van der Waals surface area contributed by atoms with E-state index in [0.717, 1.165) is 0 Å². The Balaban J connectivity index is 2.27. The molecule has 2 rings (SSSR count). The fourth-order valence-electron chi connectivity index (χ4n) is 2.09. The molecule has 5 nitrogen and oxygen atoms in total. The first-order valence-corrected chi connectivity index (χ1v) is 7.44. The molecule has 1 saturated heterocycles. The summed E-state index contributed by atoms with van der Waals surface area (Å²) in [7, 11) is -1.40. The van der Waals surface area contributed by atoms with Crippen LogP contribution in [-0.2, 0) is 16.4 Å². The number of aromatic nitrogens is 1. The highest BCUT2D eigenvalue weighted by molar-refractivity contribution is 7.91. The van der Waals surface area contributed by atoms with E-state index in [1.807, 2.05) is 0 Å². The van der Waals surface area contributed by atoms with Crippen LogP contribution in [0.4, 0.5) is 10.2 Å². The van der Waals surface area contributed by atoms with Crippen LogP contribution < -0.4 is 4.90 Å². The van der Waals surface area contributed by atoms with E-state index < -0.39 is 22.3 Å². The molecule has 0 spiro atoms. The molecule has 0 saturated carbocycles. The lowest BCUT2D eigenvalue weighted by Crippen LogP contribution is -2.34. The predicted octanol–water partition coefficient (Wildman–Crippen LogP) is 0.336. The largest absolute Gasteiger partial charge is 0.392 e. The minimum Gasteiger partial charge on any atom is -0.392 e. The van der Waals surface area contributed by atoms with E-state index in [1.165, 1.54) is 12.3 Å². The molecule has 1 aromatic rings. The van der Waals surface area contributed by atoms with Crippen molar-refractivity contribution in [2.45, 2.75) is 19.1 Å². The topological polar surface area (TPSA) is 70.5 Å². The quantitative estimate of drug-likeness (QED) is 0.860. The van der Waals surface area contributed by atoms with E-state index in [0.29, 0.717) is 6.42 Å². The molecule has 7 heteroatoms. The van der Waals surface area contributed by atoms with E-state index in [-0.39, 0.29) is 28.9 Å². The van der Waals surface area contributed by atoms with E-state index in [1.54, 1.807) is 11.9 Å². The molecule has 1 unspecified atom stereocenters. The van der Waals surface area contributed by atoms with Crippen LogP contribution in [0.2, 0.25) is 0 Å². The summed E-state index contributed by atoms with van der Waals surface area (Å²) in [5.41, 5.74) is 0.160. The third-order valence-electron chi connectivity index (χ3n) is 3.21. The van der Waals surface area contributed by atoms with Gasteiger partial charge in [-0.2, -0.15) is 0 Å². The summed E-state index contributed by atoms with van der Waals surface area (Å²) in [6.45, 7) is -0.405. The maximum atomic E-state index is 14.0. The van der Waals surface area contributed by atoms with Gasteiger partial charge in [0.1, 0.15) is 0 Å². The Morgan fingerprint density at radius 2 is 2.33 bits per heavy atom. The lowest BCUT2D eigenvalue weighted by atomic mass is 10.2. The number of aliphatic hydroxyl groups excluding tert-OH is 1. The Bertz CT molecular complexity index is 547. The molecular formula is C11H15FN2O3S. The van der Waals surface area contributed by atoms with Gasteiger partial charge in [0.25, 0.3) is 0 Å². The van der Waals surface area contributed by atoms with E-state index in [9.17, 15) is 12.8 Å². The van der Waals surface area contributed by atoms with Gasteiger partial charge in [-0.25, -0.2) is 17.8 Å². The van der Waals surface area contributed by atoms with E-state index >= 15 is 0 Å². The average molecular weight is 274 g/mol. The maximum absolute atomic E-state index is 14.0. The molecule has 2 heterocycles. The highest BCUT2D eigenvalue weighted by Crippen LogP contribution is 2.24. The van der Waals surface area contributed by atoms with Gasteiger partial charge in [-0.15, -0.1) is 0 Å². The van der Waals surface area contributed by atoms with Gasteiger partial charge >= 0.3 is 0 Å². The van der Waals surface area contributed by atoms with Crippen LogP contribution >= 0.6 is 0 Å². The summed E-state index contributed by atoms with van der Waals surface area (Å²) in [5, 5.41) is 8.99. The standard InChI is InChI=1S/C11H15FN2O3S/c1-14(9-3-5-18(16,17)7-9)11-10(12)8(6-15)2-4-13-11/h2,4,9,15H,3,5-7H2,1H3. The molecule has 0 amide bonds. The van der Waals surface area contributed by atoms with Gasteiger partial charge < -0.3 is 10.0 Å². The number of rotatable bonds is 3. The Morgan fingerprint density at radius 1 is 1.61 bits per heavy atom. The third kappa shape index (κ3) is 2.46. The first-order chi connectivity index (χ1) is 8.44. The number of hydrogen-bond donors (Lipinski definition) is 1. The maximum Gasteiger partial charge on any atom is 0.171 e. The van der Waals surface area contributed by atoms with Crippen molar-refractivity contribution >= 4 is 15.7 Å². The molecule has 0 bridgehead atoms. The highest BCUT2D eigenvalue weighted by Gasteiger charge is 2.32. The summed E-state index contributed by atoms with van der Waals surface area (Å²) in [5.74, 6) is -0.354. The zero-order valence-electron chi connectivity index (χ0n) is 10.0. The molecule has 1 aromatic heterocycles. The monoisotopic (exact) mass is 274 g/mol. The van der Waals surface area contributed by atoms with E-state index in [2.05, 4.69) is 4.98 Å². The first kappa shape index (κ1) is 13.2. The Morgan fingerprint density at radius 3 is 2.89 bits per heavy atom. The van der Waals surface area contributed by atoms with Crippen molar-refractivity contribution < 1.29 is 17.9 Å². The van der Waals surface area contributed by atoms with Gasteiger partial charge in [0.15, 0.2) is 21.5 Å². The molecule has 0 aliphatic carbocycles. The van der Waals surface area contributed by atoms with Crippen LogP contribution in [0.25, 0.3) is 0 Å². The Hall–Kier alpha value is -1.21. The van der Waals surface area contributed by atoms with Crippen molar-refractivity contribution in [1.82, 2.24) is 4.98 Å². The molecule has 18 heavy (non-hydrogen) atoms. The van der Waals surface area contributed by atoms with Crippen molar-refractivity contribution in [3.8, 4) is 0 Å². The average Bonchev–Trinajstić information content (AvgIpc) is 2.69. The molecular weight excluding hydrogens is 259 g/mol. The zero-order chi connectivity index (χ0) is 13.3. The second-order valence-corrected chi connectivity index (χ2v) is 6.66. The molecule has 1 N–H and O–H groups in total. The second kappa shape index (κ2) is 4.81. The fourth-order valence-corrected chi connectivity index (χ4v) is 3.87. The number of aliphatic hydroxyl groups is 1. The van der Waals surface area contributed by atoms with Gasteiger partial charge in [-0.1, -0.05) is 0 Å². The minimum absolute atomic E-state index is 0.0218. The number of pyridine rings is 1. The molecule has 1 aliphatic heterocycles. The number of nitrogens with zero attached hydrogens (tertiary/aromatic N) is 2. The Kier molecular flexibility index (Phi) is 3.54. The van der Waals surface area contributed by atoms with Crippen molar-refractivity contribution in [2.75, 3.05) is 23.5 Å². The van der Waals surface area contributed by atoms with Crippen LogP contribution in [0.3, 0.4) is 0 Å². The van der Waals surface area contributed by atoms with Crippen LogP contribution in [0.1, 0.15) is 12.0 Å². The van der Waals surface area contributed by atoms with Crippen molar-refractivity contribution in [3.05, 3.63) is 23.6 Å². The van der Waals surface area contributed by atoms with Crippen LogP contribution in [0.5, 0.6) is 0 Å². The molecule has 1 atom stereocenters. The summed E-state index contributed by atoms with van der Waals surface area (Å²) in [6.07, 6.45) is 1.88. The lowest BCUT2D eigenvalue weighted by molar-refractivity contribution is 0.275. The minimum atomic E-state index is -3.02. The second-order valence-electron chi connectivity index (χ2n) is 4.43. The smallest absolute Gasteiger partial charge is 0.171 e. The highest BCUT2D eigenvalue weighted by atomic mass is 32.2. The number of anilines is 1. The molecule has 1 aliphatic rings. The van der Waals surface area contributed by atoms with Crippen molar-refractivity contribution in [2.24, 2.45) is 0 Å². The van der Waals surface area contributed by atoms with Gasteiger partial charge in [-0.05, 0) is 12.5 Å².